The van der Waals surface area contributed by atoms with Gasteiger partial charge >= 0.3 is 12.4 Å². The van der Waals surface area contributed by atoms with Crippen LogP contribution in [0.4, 0.5) is 26.3 Å². The van der Waals surface area contributed by atoms with Gasteiger partial charge in [0.05, 0.1) is 22.8 Å². The van der Waals surface area contributed by atoms with E-state index >= 15 is 0 Å². The van der Waals surface area contributed by atoms with Crippen LogP contribution in [0.3, 0.4) is 0 Å². The number of alkyl halides is 6. The van der Waals surface area contributed by atoms with Crippen LogP contribution in [0.2, 0.25) is 0 Å². The largest absolute Gasteiger partial charge is 0.416 e. The summed E-state index contributed by atoms with van der Waals surface area (Å²) in [6.45, 7) is 9.04. The molecule has 0 aromatic heterocycles. The Morgan fingerprint density at radius 1 is 1.28 bits per heavy atom. The minimum atomic E-state index is -4.82. The highest BCUT2D eigenvalue weighted by Gasteiger charge is 2.43. The van der Waals surface area contributed by atoms with Crippen molar-refractivity contribution < 1.29 is 34.8 Å². The predicted octanol–water partition coefficient (Wildman–Crippen LogP) is 4.28. The van der Waals surface area contributed by atoms with Crippen LogP contribution in [-0.4, -0.2) is 69.1 Å². The quantitative estimate of drug-likeness (QED) is 0.233. The zero-order valence-corrected chi connectivity index (χ0v) is 18.7. The summed E-state index contributed by atoms with van der Waals surface area (Å²) >= 11 is 0. The number of aliphatic imine (C=N–C) groups is 1. The van der Waals surface area contributed by atoms with Crippen molar-refractivity contribution in [2.75, 3.05) is 26.4 Å². The number of hydrogen-bond acceptors (Lipinski definition) is 5. The highest BCUT2D eigenvalue weighted by molar-refractivity contribution is 7.95. The van der Waals surface area contributed by atoms with Gasteiger partial charge in [0, 0.05) is 25.9 Å². The lowest BCUT2D eigenvalue weighted by atomic mass is 10.1. The van der Waals surface area contributed by atoms with Gasteiger partial charge in [-0.3, -0.25) is 4.99 Å². The van der Waals surface area contributed by atoms with Crippen LogP contribution in [-0.2, 0) is 9.84 Å². The Kier molecular flexibility index (Phi) is 8.52. The molecule has 0 spiro atoms. The van der Waals surface area contributed by atoms with Crippen molar-refractivity contribution in [3.8, 4) is 0 Å². The summed E-state index contributed by atoms with van der Waals surface area (Å²) in [5.41, 5.74) is -1.59. The second-order valence-electron chi connectivity index (χ2n) is 6.65. The minimum Gasteiger partial charge on any atom is -0.315 e. The van der Waals surface area contributed by atoms with Crippen molar-refractivity contribution >= 4 is 21.9 Å². The topological polar surface area (TPSA) is 65.3 Å². The maximum absolute atomic E-state index is 13.2. The first-order valence-electron chi connectivity index (χ1n) is 9.16. The van der Waals surface area contributed by atoms with E-state index in [-0.39, 0.29) is 17.2 Å². The van der Waals surface area contributed by atoms with Crippen molar-refractivity contribution in [1.82, 2.24) is 9.91 Å². The first kappa shape index (κ1) is 27.5. The molecule has 1 aliphatic heterocycles. The van der Waals surface area contributed by atoms with Gasteiger partial charge in [-0.2, -0.15) is 31.4 Å². The molecule has 0 saturated carbocycles. The van der Waals surface area contributed by atoms with E-state index in [1.165, 1.54) is 21.0 Å². The Balaban J connectivity index is 3.35. The Labute approximate surface area is 182 Å². The summed E-state index contributed by atoms with van der Waals surface area (Å²) in [4.78, 5) is 4.28. The average molecular weight is 486 g/mol. The van der Waals surface area contributed by atoms with Gasteiger partial charge in [-0.05, 0) is 13.0 Å². The summed E-state index contributed by atoms with van der Waals surface area (Å²) in [6, 6.07) is 0. The van der Waals surface area contributed by atoms with Gasteiger partial charge in [0.1, 0.15) is 17.6 Å². The van der Waals surface area contributed by atoms with Crippen LogP contribution in [0.5, 0.6) is 0 Å². The third-order valence-corrected chi connectivity index (χ3v) is 6.39. The zero-order valence-electron chi connectivity index (χ0n) is 17.9. The lowest BCUT2D eigenvalue weighted by molar-refractivity contribution is -0.154. The van der Waals surface area contributed by atoms with E-state index < -0.39 is 50.9 Å². The molecule has 1 atom stereocenters. The summed E-state index contributed by atoms with van der Waals surface area (Å²) in [7, 11) is -1.66. The molecule has 0 saturated heterocycles. The number of allylic oxidation sites excluding steroid dienone is 3. The standard InChI is InChI=1S/C19H24F6N4O2S/c1-7-14(18(20,21)22)9-16(32(30,31)8-2)12(3)17(26-5)28(6)13(4)29-11-15(10-27-29)19(23,24)25/h7,9-10,15H,3-4,8,11H2,1-2,5-6H3/b14-7+,16-9+,26-17?. The van der Waals surface area contributed by atoms with Gasteiger partial charge in [-0.15, -0.1) is 0 Å². The molecule has 0 N–H and O–H groups in total. The molecule has 6 nitrogen and oxygen atoms in total. The van der Waals surface area contributed by atoms with E-state index in [4.69, 9.17) is 0 Å². The maximum atomic E-state index is 13.2. The van der Waals surface area contributed by atoms with Gasteiger partial charge < -0.3 is 4.90 Å². The molecule has 32 heavy (non-hydrogen) atoms. The normalized spacial score (nSPS) is 18.9. The second-order valence-corrected chi connectivity index (χ2v) is 8.90. The first-order valence-corrected chi connectivity index (χ1v) is 10.8. The number of hydrogen-bond donors (Lipinski definition) is 0. The lowest BCUT2D eigenvalue weighted by Gasteiger charge is -2.30. The fourth-order valence-corrected chi connectivity index (χ4v) is 3.77. The fourth-order valence-electron chi connectivity index (χ4n) is 2.68. The predicted molar refractivity (Wildman–Crippen MR) is 112 cm³/mol. The molecule has 1 aliphatic rings. The molecule has 0 aliphatic carbocycles. The van der Waals surface area contributed by atoms with Gasteiger partial charge in [0.15, 0.2) is 9.84 Å². The Bertz CT molecular complexity index is 975. The number of likely N-dealkylation sites (N-methyl/N-ethyl adjacent to an activating group) is 1. The number of hydrazone groups is 1. The molecule has 1 rings (SSSR count). The third kappa shape index (κ3) is 6.24. The lowest BCUT2D eigenvalue weighted by Crippen LogP contribution is -2.37. The molecule has 1 heterocycles. The minimum absolute atomic E-state index is 0.106. The van der Waals surface area contributed by atoms with E-state index in [0.29, 0.717) is 18.4 Å². The van der Waals surface area contributed by atoms with Gasteiger partial charge in [-0.25, -0.2) is 13.4 Å². The molecule has 0 aromatic rings. The van der Waals surface area contributed by atoms with Crippen LogP contribution in [0.15, 0.2) is 57.3 Å². The van der Waals surface area contributed by atoms with Crippen molar-refractivity contribution in [2.45, 2.75) is 26.2 Å². The molecule has 180 valence electrons. The number of halogens is 6. The van der Waals surface area contributed by atoms with Crippen LogP contribution < -0.4 is 0 Å². The number of amidine groups is 1. The molecule has 0 aromatic carbocycles. The first-order chi connectivity index (χ1) is 14.5. The van der Waals surface area contributed by atoms with Crippen LogP contribution in [0.1, 0.15) is 13.8 Å². The summed E-state index contributed by atoms with van der Waals surface area (Å²) in [6.07, 6.45) is -7.48. The van der Waals surface area contributed by atoms with Crippen molar-refractivity contribution in [3.05, 3.63) is 47.2 Å². The Morgan fingerprint density at radius 3 is 2.22 bits per heavy atom. The third-order valence-electron chi connectivity index (χ3n) is 4.60. The Morgan fingerprint density at radius 2 is 1.84 bits per heavy atom. The maximum Gasteiger partial charge on any atom is 0.416 e. The smallest absolute Gasteiger partial charge is 0.315 e. The summed E-state index contributed by atoms with van der Waals surface area (Å²) in [5.74, 6) is -2.66. The highest BCUT2D eigenvalue weighted by Crippen LogP contribution is 2.33. The van der Waals surface area contributed by atoms with E-state index in [1.54, 1.807) is 0 Å². The van der Waals surface area contributed by atoms with Crippen molar-refractivity contribution in [2.24, 2.45) is 16.0 Å². The van der Waals surface area contributed by atoms with E-state index in [0.717, 1.165) is 16.8 Å². The Hall–Kier alpha value is -2.57. The zero-order chi connectivity index (χ0) is 25.1. The van der Waals surface area contributed by atoms with Crippen molar-refractivity contribution in [1.29, 1.82) is 0 Å². The summed E-state index contributed by atoms with van der Waals surface area (Å²) < 4.78 is 104. The number of nitrogens with zero attached hydrogens (tertiary/aromatic N) is 4. The number of sulfone groups is 1. The SMILES string of the molecule is C=C(C(=NC)N(C)C(=C)N1CC(C(F)(F)F)C=N1)/C(=C\C(=C/C)C(F)(F)F)S(=O)(=O)CC. The molecule has 13 heteroatoms. The molecule has 1 unspecified atom stereocenters. The van der Waals surface area contributed by atoms with Crippen molar-refractivity contribution in [3.63, 3.8) is 0 Å². The molecular formula is C19H24F6N4O2S. The fraction of sp³-hybridized carbons (Fsp3) is 0.474. The van der Waals surface area contributed by atoms with E-state index in [1.807, 2.05) is 0 Å². The van der Waals surface area contributed by atoms with E-state index in [2.05, 4.69) is 23.3 Å². The molecule has 0 fully saturated rings. The number of rotatable bonds is 7. The molecule has 0 amide bonds. The van der Waals surface area contributed by atoms with Crippen LogP contribution in [0, 0.1) is 5.92 Å². The van der Waals surface area contributed by atoms with Gasteiger partial charge in [0.2, 0.25) is 0 Å². The molecule has 0 radical (unpaired) electrons. The van der Waals surface area contributed by atoms with Gasteiger partial charge in [0.25, 0.3) is 0 Å². The molecular weight excluding hydrogens is 462 g/mol. The average Bonchev–Trinajstić information content (AvgIpc) is 3.17. The van der Waals surface area contributed by atoms with Gasteiger partial charge in [-0.1, -0.05) is 26.2 Å². The monoisotopic (exact) mass is 486 g/mol. The highest BCUT2D eigenvalue weighted by atomic mass is 32.2. The van der Waals surface area contributed by atoms with Crippen LogP contribution in [0.25, 0.3) is 0 Å². The second kappa shape index (κ2) is 9.92. The van der Waals surface area contributed by atoms with E-state index in [9.17, 15) is 34.8 Å². The molecule has 0 bridgehead atoms. The van der Waals surface area contributed by atoms with Crippen LogP contribution >= 0.6 is 0 Å². The summed E-state index contributed by atoms with van der Waals surface area (Å²) in [5, 5.41) is 4.59.